The summed E-state index contributed by atoms with van der Waals surface area (Å²) in [5.74, 6) is 0.126. The summed E-state index contributed by atoms with van der Waals surface area (Å²) >= 11 is 0. The lowest BCUT2D eigenvalue weighted by atomic mass is 9.71. The molecule has 4 aliphatic rings. The van der Waals surface area contributed by atoms with Crippen molar-refractivity contribution in [1.82, 2.24) is 9.13 Å². The standard InChI is InChI=1S/C71H54F6N2O/c72-70(73,74)53-30-14-9-26-47(53)65-60(40-19-3-1-4-20-40)67(78-55-32-16-11-28-49(55)63-57(78)37-35-45-42-23-7-8-24-43(42)51-39-52(51)62(45)63)61(41-21-5-2-6-22-41)66(48-27-10-15-31-54(48)71(75,76)77)68(65)79-56-33-17-12-29-50(56)64-58(79)38-36-46-44-25-13-18-34-59(44)80-69(46)64/h7-18,23-38,40-41,51-52H,1-6,19-22,39H2. The first-order valence-electron chi connectivity index (χ1n) is 28.6. The van der Waals surface area contributed by atoms with Crippen LogP contribution in [0, 0.1) is 0 Å². The van der Waals surface area contributed by atoms with Crippen LogP contribution in [0.2, 0.25) is 0 Å². The first-order valence-corrected chi connectivity index (χ1v) is 28.6. The average Bonchev–Trinajstić information content (AvgIpc) is 3.30. The fourth-order valence-corrected chi connectivity index (χ4v) is 15.6. The Bertz CT molecular complexity index is 4430. The minimum atomic E-state index is -4.84. The van der Waals surface area contributed by atoms with Gasteiger partial charge in [-0.1, -0.05) is 160 Å². The minimum Gasteiger partial charge on any atom is -0.455 e. The predicted octanol–water partition coefficient (Wildman–Crippen LogP) is 21.5. The van der Waals surface area contributed by atoms with E-state index in [1.165, 1.54) is 34.4 Å². The van der Waals surface area contributed by atoms with Crippen LogP contribution in [0.3, 0.4) is 0 Å². The molecule has 0 N–H and O–H groups in total. The van der Waals surface area contributed by atoms with Crippen LogP contribution in [0.15, 0.2) is 174 Å². The van der Waals surface area contributed by atoms with Gasteiger partial charge >= 0.3 is 12.4 Å². The van der Waals surface area contributed by atoms with E-state index >= 15 is 26.3 Å². The molecular weight excluding hydrogens is 1010 g/mol. The fraction of sp³-hybridized carbons (Fsp3) is 0.239. The Morgan fingerprint density at radius 1 is 0.375 bits per heavy atom. The highest BCUT2D eigenvalue weighted by molar-refractivity contribution is 6.24. The van der Waals surface area contributed by atoms with Gasteiger partial charge in [0.2, 0.25) is 0 Å². The lowest BCUT2D eigenvalue weighted by Crippen LogP contribution is -2.21. The molecule has 9 aromatic carbocycles. The first kappa shape index (κ1) is 47.9. The van der Waals surface area contributed by atoms with Crippen LogP contribution in [0.4, 0.5) is 26.3 Å². The number of furan rings is 1. The third-order valence-corrected chi connectivity index (χ3v) is 18.9. The van der Waals surface area contributed by atoms with Crippen molar-refractivity contribution in [2.75, 3.05) is 0 Å². The van der Waals surface area contributed by atoms with E-state index in [1.807, 2.05) is 71.3 Å². The zero-order valence-corrected chi connectivity index (χ0v) is 43.8. The Hall–Kier alpha value is -8.04. The molecule has 3 saturated carbocycles. The second kappa shape index (κ2) is 17.7. The molecule has 0 saturated heterocycles. The highest BCUT2D eigenvalue weighted by Gasteiger charge is 2.48. The monoisotopic (exact) mass is 1060 g/mol. The van der Waals surface area contributed by atoms with Gasteiger partial charge in [-0.2, -0.15) is 26.3 Å². The normalized spacial score (nSPS) is 18.0. The molecule has 3 aromatic heterocycles. The van der Waals surface area contributed by atoms with Gasteiger partial charge in [0.05, 0.1) is 50.0 Å². The van der Waals surface area contributed by atoms with Crippen LogP contribution in [-0.4, -0.2) is 9.13 Å². The van der Waals surface area contributed by atoms with Crippen molar-refractivity contribution in [2.24, 2.45) is 0 Å². The van der Waals surface area contributed by atoms with Crippen molar-refractivity contribution in [1.29, 1.82) is 0 Å². The van der Waals surface area contributed by atoms with Gasteiger partial charge in [-0.3, -0.25) is 0 Å². The van der Waals surface area contributed by atoms with Gasteiger partial charge in [-0.15, -0.1) is 0 Å². The first-order chi connectivity index (χ1) is 39.0. The molecular formula is C71H54F6N2O. The molecule has 12 aromatic rings. The van der Waals surface area contributed by atoms with E-state index < -0.39 is 23.5 Å². The molecule has 0 bridgehead atoms. The number of nitrogens with zero attached hydrogens (tertiary/aromatic N) is 2. The quantitative estimate of drug-likeness (QED) is 0.152. The molecule has 80 heavy (non-hydrogen) atoms. The van der Waals surface area contributed by atoms with E-state index in [2.05, 4.69) is 59.2 Å². The van der Waals surface area contributed by atoms with Crippen molar-refractivity contribution in [3.05, 3.63) is 203 Å². The van der Waals surface area contributed by atoms with E-state index in [9.17, 15) is 0 Å². The van der Waals surface area contributed by atoms with Crippen molar-refractivity contribution in [3.63, 3.8) is 0 Å². The number of rotatable bonds is 6. The fourth-order valence-electron chi connectivity index (χ4n) is 15.6. The predicted molar refractivity (Wildman–Crippen MR) is 310 cm³/mol. The SMILES string of the molecule is FC(F)(F)c1ccccc1-c1c(C2CCCCC2)c(-n2c3ccccc3c3c4c(ccc32)-c2ccccc2C2CC42)c(C2CCCCC2)c(-c2ccccc2C(F)(F)F)c1-n1c2ccccc2c2c3oc4ccccc4c3ccc21. The molecule has 3 heterocycles. The molecule has 4 aliphatic carbocycles. The largest absolute Gasteiger partial charge is 0.455 e. The third kappa shape index (κ3) is 7.00. The van der Waals surface area contributed by atoms with Crippen LogP contribution in [-0.2, 0) is 12.4 Å². The van der Waals surface area contributed by atoms with Crippen molar-refractivity contribution < 1.29 is 30.8 Å². The molecule has 2 unspecified atom stereocenters. The number of hydrogen-bond donors (Lipinski definition) is 0. The number of para-hydroxylation sites is 3. The Morgan fingerprint density at radius 3 is 1.48 bits per heavy atom. The molecule has 0 radical (unpaired) electrons. The number of alkyl halides is 6. The highest BCUT2D eigenvalue weighted by atomic mass is 19.4. The third-order valence-electron chi connectivity index (χ3n) is 18.9. The minimum absolute atomic E-state index is 0.0518. The summed E-state index contributed by atoms with van der Waals surface area (Å²) in [7, 11) is 0. The zero-order valence-electron chi connectivity index (χ0n) is 43.8. The molecule has 0 amide bonds. The van der Waals surface area contributed by atoms with Gasteiger partial charge in [0.1, 0.15) is 11.2 Å². The smallest absolute Gasteiger partial charge is 0.417 e. The van der Waals surface area contributed by atoms with E-state index in [0.29, 0.717) is 70.6 Å². The molecule has 16 rings (SSSR count). The second-order valence-corrected chi connectivity index (χ2v) is 23.1. The van der Waals surface area contributed by atoms with Crippen molar-refractivity contribution in [3.8, 4) is 44.8 Å². The van der Waals surface area contributed by atoms with E-state index in [0.717, 1.165) is 117 Å². The van der Waals surface area contributed by atoms with Crippen LogP contribution >= 0.6 is 0 Å². The van der Waals surface area contributed by atoms with Gasteiger partial charge in [0, 0.05) is 38.1 Å². The molecule has 396 valence electrons. The molecule has 2 atom stereocenters. The van der Waals surface area contributed by atoms with E-state index in [4.69, 9.17) is 4.42 Å². The summed E-state index contributed by atoms with van der Waals surface area (Å²) in [4.78, 5) is 0. The summed E-state index contributed by atoms with van der Waals surface area (Å²) in [5.41, 5.74) is 10.9. The van der Waals surface area contributed by atoms with Gasteiger partial charge in [-0.05, 0) is 149 Å². The maximum atomic E-state index is 16.5. The average molecular weight is 1070 g/mol. The van der Waals surface area contributed by atoms with Crippen LogP contribution in [0.5, 0.6) is 0 Å². The maximum Gasteiger partial charge on any atom is 0.417 e. The Kier molecular flexibility index (Phi) is 10.6. The van der Waals surface area contributed by atoms with Crippen LogP contribution in [0.1, 0.15) is 128 Å². The lowest BCUT2D eigenvalue weighted by molar-refractivity contribution is -0.137. The Balaban J connectivity index is 1.19. The number of halogens is 6. The number of benzene rings is 9. The summed E-state index contributed by atoms with van der Waals surface area (Å²) < 4.78 is 110. The highest BCUT2D eigenvalue weighted by Crippen LogP contribution is 2.65. The summed E-state index contributed by atoms with van der Waals surface area (Å²) in [6, 6.07) is 52.9. The number of aromatic nitrogens is 2. The van der Waals surface area contributed by atoms with Gasteiger partial charge in [0.25, 0.3) is 0 Å². The van der Waals surface area contributed by atoms with Gasteiger partial charge < -0.3 is 13.6 Å². The molecule has 0 spiro atoms. The van der Waals surface area contributed by atoms with E-state index in [-0.39, 0.29) is 28.9 Å². The van der Waals surface area contributed by atoms with Crippen LogP contribution < -0.4 is 0 Å². The van der Waals surface area contributed by atoms with Crippen LogP contribution in [0.25, 0.3) is 110 Å². The Morgan fingerprint density at radius 2 is 0.863 bits per heavy atom. The molecule has 3 fully saturated rings. The summed E-state index contributed by atoms with van der Waals surface area (Å²) in [5, 5.41) is 5.46. The van der Waals surface area contributed by atoms with Gasteiger partial charge in [0.15, 0.2) is 0 Å². The van der Waals surface area contributed by atoms with Crippen molar-refractivity contribution in [2.45, 2.75) is 107 Å². The summed E-state index contributed by atoms with van der Waals surface area (Å²) in [6.07, 6.45) is -0.453. The van der Waals surface area contributed by atoms with Crippen molar-refractivity contribution >= 4 is 65.6 Å². The topological polar surface area (TPSA) is 23.0 Å². The maximum absolute atomic E-state index is 16.5. The number of fused-ring (bicyclic) bond motifs is 17. The Labute approximate surface area is 458 Å². The molecule has 0 aliphatic heterocycles. The lowest BCUT2D eigenvalue weighted by Gasteiger charge is -2.37. The number of hydrogen-bond acceptors (Lipinski definition) is 1. The van der Waals surface area contributed by atoms with E-state index in [1.54, 1.807) is 24.3 Å². The second-order valence-electron chi connectivity index (χ2n) is 23.1. The molecule has 9 heteroatoms. The zero-order chi connectivity index (χ0) is 53.8. The van der Waals surface area contributed by atoms with Gasteiger partial charge in [-0.25, -0.2) is 0 Å². The summed E-state index contributed by atoms with van der Waals surface area (Å²) in [6.45, 7) is 0. The molecule has 3 nitrogen and oxygen atoms in total.